The number of rotatable bonds is 11. The number of carbonyl (C=O) groups is 3. The molecule has 0 amide bonds. The third-order valence-corrected chi connectivity index (χ3v) is 3.36. The fraction of sp³-hybridized carbons (Fsp3) is 0.588. The first-order chi connectivity index (χ1) is 10.9. The largest absolute Gasteiger partial charge is 0.466 e. The Kier molecular flexibility index (Phi) is 9.62. The Morgan fingerprint density at radius 3 is 2.09 bits per heavy atom. The highest BCUT2D eigenvalue weighted by atomic mass is 16.6. The van der Waals surface area contributed by atoms with Crippen molar-refractivity contribution in [3.8, 4) is 0 Å². The van der Waals surface area contributed by atoms with Gasteiger partial charge in [0.25, 0.3) is 0 Å². The smallest absolute Gasteiger partial charge is 0.320 e. The summed E-state index contributed by atoms with van der Waals surface area (Å²) in [4.78, 5) is 35.6. The van der Waals surface area contributed by atoms with E-state index in [0.29, 0.717) is 5.57 Å². The average molecular weight is 326 g/mol. The summed E-state index contributed by atoms with van der Waals surface area (Å²) in [5.74, 6) is -1.50. The number of esters is 3. The summed E-state index contributed by atoms with van der Waals surface area (Å²) < 4.78 is 15.1. The summed E-state index contributed by atoms with van der Waals surface area (Å²) in [5, 5.41) is 0. The Bertz CT molecular complexity index is 454. The van der Waals surface area contributed by atoms with Crippen LogP contribution >= 0.6 is 0 Å². The molecule has 6 heteroatoms. The molecule has 0 N–H and O–H groups in total. The maximum atomic E-state index is 12.5. The molecule has 0 radical (unpaired) electrons. The second-order valence-corrected chi connectivity index (χ2v) is 4.85. The van der Waals surface area contributed by atoms with Crippen LogP contribution in [0.25, 0.3) is 0 Å². The maximum absolute atomic E-state index is 12.5. The number of hydrogen-bond acceptors (Lipinski definition) is 6. The molecule has 0 saturated carbocycles. The zero-order chi connectivity index (χ0) is 17.9. The van der Waals surface area contributed by atoms with E-state index >= 15 is 0 Å². The first-order valence-corrected chi connectivity index (χ1v) is 7.68. The molecule has 0 spiro atoms. The molecule has 1 atom stereocenters. The summed E-state index contributed by atoms with van der Waals surface area (Å²) in [6.07, 6.45) is 1.62. The van der Waals surface area contributed by atoms with Crippen molar-refractivity contribution >= 4 is 17.9 Å². The van der Waals surface area contributed by atoms with Crippen molar-refractivity contribution in [1.82, 2.24) is 0 Å². The molecule has 0 saturated heterocycles. The van der Waals surface area contributed by atoms with Crippen LogP contribution in [0.1, 0.15) is 40.0 Å². The summed E-state index contributed by atoms with van der Waals surface area (Å²) >= 11 is 0. The Morgan fingerprint density at radius 1 is 1.00 bits per heavy atom. The molecular formula is C17H26O6. The molecule has 23 heavy (non-hydrogen) atoms. The van der Waals surface area contributed by atoms with Gasteiger partial charge in [-0.25, -0.2) is 0 Å². The van der Waals surface area contributed by atoms with Crippen LogP contribution in [0.15, 0.2) is 24.8 Å². The highest BCUT2D eigenvalue weighted by molar-refractivity contribution is 5.83. The van der Waals surface area contributed by atoms with E-state index in [9.17, 15) is 14.4 Å². The zero-order valence-corrected chi connectivity index (χ0v) is 14.2. The van der Waals surface area contributed by atoms with E-state index in [2.05, 4.69) is 13.2 Å². The fourth-order valence-corrected chi connectivity index (χ4v) is 1.94. The first-order valence-electron chi connectivity index (χ1n) is 7.68. The van der Waals surface area contributed by atoms with Gasteiger partial charge >= 0.3 is 17.9 Å². The predicted molar refractivity (Wildman–Crippen MR) is 85.5 cm³/mol. The molecule has 0 aromatic rings. The third-order valence-electron chi connectivity index (χ3n) is 3.36. The van der Waals surface area contributed by atoms with E-state index in [0.717, 1.165) is 0 Å². The van der Waals surface area contributed by atoms with Crippen molar-refractivity contribution in [1.29, 1.82) is 0 Å². The molecule has 0 aromatic carbocycles. The average Bonchev–Trinajstić information content (AvgIpc) is 2.54. The van der Waals surface area contributed by atoms with Crippen LogP contribution in [0.3, 0.4) is 0 Å². The van der Waals surface area contributed by atoms with Gasteiger partial charge in [0.15, 0.2) is 0 Å². The van der Waals surface area contributed by atoms with Gasteiger partial charge in [-0.3, -0.25) is 14.4 Å². The maximum Gasteiger partial charge on any atom is 0.320 e. The van der Waals surface area contributed by atoms with Crippen molar-refractivity contribution in [2.75, 3.05) is 19.8 Å². The molecule has 0 fully saturated rings. The SMILES string of the molecule is C=CC(=C)C(CCC(=O)OCC)(COC(=O)CC)C(=O)OCC. The molecular weight excluding hydrogens is 300 g/mol. The molecule has 0 bridgehead atoms. The van der Waals surface area contributed by atoms with E-state index in [-0.39, 0.29) is 39.1 Å². The molecule has 6 nitrogen and oxygen atoms in total. The van der Waals surface area contributed by atoms with E-state index in [4.69, 9.17) is 14.2 Å². The van der Waals surface area contributed by atoms with Crippen molar-refractivity contribution in [2.45, 2.75) is 40.0 Å². The zero-order valence-electron chi connectivity index (χ0n) is 14.2. The molecule has 0 aromatic heterocycles. The Balaban J connectivity index is 5.41. The number of ether oxygens (including phenoxy) is 3. The van der Waals surface area contributed by atoms with Gasteiger partial charge in [0.1, 0.15) is 12.0 Å². The van der Waals surface area contributed by atoms with Gasteiger partial charge in [0.05, 0.1) is 13.2 Å². The van der Waals surface area contributed by atoms with Gasteiger partial charge in [0.2, 0.25) is 0 Å². The normalized spacial score (nSPS) is 12.7. The topological polar surface area (TPSA) is 78.9 Å². The van der Waals surface area contributed by atoms with Crippen LogP contribution in [0.4, 0.5) is 0 Å². The molecule has 1 unspecified atom stereocenters. The Morgan fingerprint density at radius 2 is 1.61 bits per heavy atom. The number of allylic oxidation sites excluding steroid dienone is 1. The minimum absolute atomic E-state index is 0.0246. The van der Waals surface area contributed by atoms with Crippen molar-refractivity contribution in [3.05, 3.63) is 24.8 Å². The lowest BCUT2D eigenvalue weighted by Crippen LogP contribution is -2.40. The highest BCUT2D eigenvalue weighted by Gasteiger charge is 2.43. The van der Waals surface area contributed by atoms with Gasteiger partial charge in [-0.15, -0.1) is 0 Å². The molecule has 0 aliphatic heterocycles. The predicted octanol–water partition coefficient (Wildman–Crippen LogP) is 2.57. The quantitative estimate of drug-likeness (QED) is 0.330. The first kappa shape index (κ1) is 20.9. The van der Waals surface area contributed by atoms with Gasteiger partial charge in [-0.2, -0.15) is 0 Å². The van der Waals surface area contributed by atoms with Crippen LogP contribution in [0.2, 0.25) is 0 Å². The summed E-state index contributed by atoms with van der Waals surface area (Å²) in [6.45, 7) is 12.6. The van der Waals surface area contributed by atoms with E-state index in [1.165, 1.54) is 6.08 Å². The summed E-state index contributed by atoms with van der Waals surface area (Å²) in [5.41, 5.74) is -1.00. The van der Waals surface area contributed by atoms with Crippen LogP contribution in [0, 0.1) is 5.41 Å². The van der Waals surface area contributed by atoms with Gasteiger partial charge in [0, 0.05) is 12.8 Å². The fourth-order valence-electron chi connectivity index (χ4n) is 1.94. The monoisotopic (exact) mass is 326 g/mol. The minimum atomic E-state index is -1.34. The van der Waals surface area contributed by atoms with Gasteiger partial charge < -0.3 is 14.2 Å². The van der Waals surface area contributed by atoms with E-state index in [1.807, 2.05) is 0 Å². The molecule has 0 heterocycles. The van der Waals surface area contributed by atoms with Crippen LogP contribution in [-0.2, 0) is 28.6 Å². The lowest BCUT2D eigenvalue weighted by atomic mass is 9.77. The summed E-state index contributed by atoms with van der Waals surface area (Å²) in [6, 6.07) is 0. The lowest BCUT2D eigenvalue weighted by molar-refractivity contribution is -0.161. The van der Waals surface area contributed by atoms with Crippen LogP contribution in [0.5, 0.6) is 0 Å². The van der Waals surface area contributed by atoms with Crippen LogP contribution < -0.4 is 0 Å². The van der Waals surface area contributed by atoms with E-state index < -0.39 is 23.3 Å². The molecule has 0 aliphatic rings. The Labute approximate surface area is 137 Å². The minimum Gasteiger partial charge on any atom is -0.466 e. The highest BCUT2D eigenvalue weighted by Crippen LogP contribution is 2.35. The molecule has 130 valence electrons. The van der Waals surface area contributed by atoms with Crippen molar-refractivity contribution in [2.24, 2.45) is 5.41 Å². The van der Waals surface area contributed by atoms with Crippen molar-refractivity contribution in [3.63, 3.8) is 0 Å². The lowest BCUT2D eigenvalue weighted by Gasteiger charge is -2.31. The van der Waals surface area contributed by atoms with Crippen molar-refractivity contribution < 1.29 is 28.6 Å². The third kappa shape index (κ3) is 6.26. The number of hydrogen-bond donors (Lipinski definition) is 0. The Hall–Kier alpha value is -2.11. The van der Waals surface area contributed by atoms with Gasteiger partial charge in [-0.05, 0) is 25.8 Å². The standard InChI is InChI=1S/C17H26O6/c1-6-13(5)17(16(20)22-9-4,12-23-14(18)7-2)11-10-15(19)21-8-3/h6H,1,5,7-12H2,2-4H3. The van der Waals surface area contributed by atoms with E-state index in [1.54, 1.807) is 20.8 Å². The summed E-state index contributed by atoms with van der Waals surface area (Å²) in [7, 11) is 0. The van der Waals surface area contributed by atoms with Crippen LogP contribution in [-0.4, -0.2) is 37.7 Å². The molecule has 0 rings (SSSR count). The second kappa shape index (κ2) is 10.6. The number of carbonyl (C=O) groups excluding carboxylic acids is 3. The second-order valence-electron chi connectivity index (χ2n) is 4.85. The molecule has 0 aliphatic carbocycles. The van der Waals surface area contributed by atoms with Gasteiger partial charge in [-0.1, -0.05) is 26.2 Å².